The lowest BCUT2D eigenvalue weighted by molar-refractivity contribution is -0.133. The lowest BCUT2D eigenvalue weighted by Crippen LogP contribution is -2.34. The van der Waals surface area contributed by atoms with Crippen LogP contribution in [0.25, 0.3) is 0 Å². The predicted octanol–water partition coefficient (Wildman–Crippen LogP) is 2.55. The maximum absolute atomic E-state index is 12.4. The van der Waals surface area contributed by atoms with Gasteiger partial charge < -0.3 is 15.7 Å². The molecule has 2 aromatic rings. The monoisotopic (exact) mass is 318 g/mol. The van der Waals surface area contributed by atoms with E-state index in [2.05, 4.69) is 0 Å². The van der Waals surface area contributed by atoms with E-state index in [1.807, 2.05) is 47.8 Å². The highest BCUT2D eigenvalue weighted by molar-refractivity contribution is 7.10. The van der Waals surface area contributed by atoms with Crippen molar-refractivity contribution in [2.45, 2.75) is 25.5 Å². The first kappa shape index (κ1) is 16.7. The van der Waals surface area contributed by atoms with Crippen molar-refractivity contribution in [3.05, 3.63) is 58.3 Å². The van der Waals surface area contributed by atoms with Crippen molar-refractivity contribution in [1.82, 2.24) is 4.90 Å². The molecule has 0 aliphatic rings. The third kappa shape index (κ3) is 4.94. The number of aliphatic hydroxyl groups is 1. The molecule has 0 fully saturated rings. The van der Waals surface area contributed by atoms with Gasteiger partial charge in [0.05, 0.1) is 6.54 Å². The molecule has 1 aromatic carbocycles. The average Bonchev–Trinajstić information content (AvgIpc) is 3.07. The second kappa shape index (κ2) is 8.68. The van der Waals surface area contributed by atoms with E-state index in [4.69, 9.17) is 5.73 Å². The Morgan fingerprint density at radius 2 is 2.00 bits per heavy atom. The van der Waals surface area contributed by atoms with Crippen molar-refractivity contribution < 1.29 is 9.90 Å². The van der Waals surface area contributed by atoms with Crippen molar-refractivity contribution in [3.8, 4) is 0 Å². The predicted molar refractivity (Wildman–Crippen MR) is 89.4 cm³/mol. The molecule has 0 radical (unpaired) electrons. The van der Waals surface area contributed by atoms with E-state index in [1.54, 1.807) is 4.90 Å². The summed E-state index contributed by atoms with van der Waals surface area (Å²) >= 11 is 1.50. The Kier molecular flexibility index (Phi) is 6.58. The second-order valence-corrected chi connectivity index (χ2v) is 6.16. The van der Waals surface area contributed by atoms with Gasteiger partial charge in [-0.2, -0.15) is 0 Å². The molecule has 118 valence electrons. The van der Waals surface area contributed by atoms with Gasteiger partial charge in [0, 0.05) is 17.8 Å². The molecule has 1 heterocycles. The summed E-state index contributed by atoms with van der Waals surface area (Å²) in [6.45, 7) is 1.31. The third-order valence-corrected chi connectivity index (χ3v) is 4.40. The highest BCUT2D eigenvalue weighted by Gasteiger charge is 2.19. The van der Waals surface area contributed by atoms with Crippen LogP contribution in [-0.2, 0) is 11.3 Å². The molecule has 3 N–H and O–H groups in total. The fraction of sp³-hybridized carbons (Fsp3) is 0.353. The van der Waals surface area contributed by atoms with Gasteiger partial charge in [-0.05, 0) is 30.0 Å². The van der Waals surface area contributed by atoms with E-state index in [0.717, 1.165) is 10.4 Å². The summed E-state index contributed by atoms with van der Waals surface area (Å²) < 4.78 is 0. The Morgan fingerprint density at radius 1 is 1.23 bits per heavy atom. The van der Waals surface area contributed by atoms with Crippen LogP contribution in [-0.4, -0.2) is 29.0 Å². The summed E-state index contributed by atoms with van der Waals surface area (Å²) in [6, 6.07) is 13.6. The van der Waals surface area contributed by atoms with Crippen LogP contribution < -0.4 is 5.73 Å². The van der Waals surface area contributed by atoms with Crippen molar-refractivity contribution in [2.24, 2.45) is 5.73 Å². The minimum atomic E-state index is -0.648. The number of carbonyl (C=O) groups is 1. The van der Waals surface area contributed by atoms with Crippen molar-refractivity contribution in [3.63, 3.8) is 0 Å². The number of thiophene rings is 1. The Bertz CT molecular complexity index is 557. The average molecular weight is 318 g/mol. The molecule has 5 heteroatoms. The number of benzene rings is 1. The molecule has 1 unspecified atom stereocenters. The number of carbonyl (C=O) groups excluding carboxylic acids is 1. The molecule has 0 aliphatic carbocycles. The van der Waals surface area contributed by atoms with E-state index >= 15 is 0 Å². The first-order valence-electron chi connectivity index (χ1n) is 7.44. The summed E-state index contributed by atoms with van der Waals surface area (Å²) in [5.41, 5.74) is 6.55. The van der Waals surface area contributed by atoms with Gasteiger partial charge in [0.1, 0.15) is 6.10 Å². The van der Waals surface area contributed by atoms with E-state index in [-0.39, 0.29) is 5.91 Å². The molecule has 1 amide bonds. The largest absolute Gasteiger partial charge is 0.386 e. The van der Waals surface area contributed by atoms with Crippen LogP contribution in [0.4, 0.5) is 0 Å². The zero-order valence-corrected chi connectivity index (χ0v) is 13.3. The number of amides is 1. The molecule has 1 aromatic heterocycles. The number of nitrogens with zero attached hydrogens (tertiary/aromatic N) is 1. The van der Waals surface area contributed by atoms with Crippen molar-refractivity contribution in [1.29, 1.82) is 0 Å². The van der Waals surface area contributed by atoms with Crippen LogP contribution in [0.1, 0.15) is 29.4 Å². The molecule has 1 atom stereocenters. The highest BCUT2D eigenvalue weighted by atomic mass is 32.1. The number of nitrogens with two attached hydrogens (primary N) is 1. The van der Waals surface area contributed by atoms with Gasteiger partial charge in [-0.1, -0.05) is 36.4 Å². The molecule has 0 spiro atoms. The minimum absolute atomic E-state index is 0.0323. The molecule has 2 rings (SSSR count). The lowest BCUT2D eigenvalue weighted by Gasteiger charge is -2.25. The Hall–Kier alpha value is -1.69. The fourth-order valence-corrected chi connectivity index (χ4v) is 2.95. The van der Waals surface area contributed by atoms with Crippen LogP contribution in [0.15, 0.2) is 47.8 Å². The van der Waals surface area contributed by atoms with Crippen LogP contribution in [0.5, 0.6) is 0 Å². The summed E-state index contributed by atoms with van der Waals surface area (Å²) in [4.78, 5) is 15.0. The molecule has 0 saturated carbocycles. The van der Waals surface area contributed by atoms with Crippen molar-refractivity contribution >= 4 is 17.2 Å². The van der Waals surface area contributed by atoms with Crippen LogP contribution >= 0.6 is 11.3 Å². The smallest absolute Gasteiger partial charge is 0.223 e. The van der Waals surface area contributed by atoms with E-state index in [1.165, 1.54) is 11.3 Å². The zero-order valence-electron chi connectivity index (χ0n) is 12.5. The first-order valence-corrected chi connectivity index (χ1v) is 8.32. The Labute approximate surface area is 135 Å². The van der Waals surface area contributed by atoms with Gasteiger partial charge in [0.25, 0.3) is 0 Å². The standard InChI is InChI=1S/C17H22N2O2S/c18-10-4-9-17(21)19(12-14-6-2-1-3-7-14)13-15(20)16-8-5-11-22-16/h1-3,5-8,11,15,20H,4,9-10,12-13,18H2. The van der Waals surface area contributed by atoms with Crippen LogP contribution in [0, 0.1) is 0 Å². The van der Waals surface area contributed by atoms with Crippen molar-refractivity contribution in [2.75, 3.05) is 13.1 Å². The maximum atomic E-state index is 12.4. The van der Waals surface area contributed by atoms with Gasteiger partial charge in [-0.15, -0.1) is 11.3 Å². The summed E-state index contributed by atoms with van der Waals surface area (Å²) in [7, 11) is 0. The number of aliphatic hydroxyl groups excluding tert-OH is 1. The Morgan fingerprint density at radius 3 is 2.64 bits per heavy atom. The summed E-state index contributed by atoms with van der Waals surface area (Å²) in [5.74, 6) is 0.0323. The van der Waals surface area contributed by atoms with Gasteiger partial charge in [-0.25, -0.2) is 0 Å². The quantitative estimate of drug-likeness (QED) is 0.786. The molecular formula is C17H22N2O2S. The fourth-order valence-electron chi connectivity index (χ4n) is 2.25. The maximum Gasteiger partial charge on any atom is 0.223 e. The van der Waals surface area contributed by atoms with E-state index < -0.39 is 6.10 Å². The normalized spacial score (nSPS) is 12.1. The first-order chi connectivity index (χ1) is 10.7. The number of hydrogen-bond donors (Lipinski definition) is 2. The molecule has 22 heavy (non-hydrogen) atoms. The molecular weight excluding hydrogens is 296 g/mol. The highest BCUT2D eigenvalue weighted by Crippen LogP contribution is 2.21. The third-order valence-electron chi connectivity index (χ3n) is 3.43. The molecule has 4 nitrogen and oxygen atoms in total. The SMILES string of the molecule is NCCCC(=O)N(Cc1ccccc1)CC(O)c1cccs1. The topological polar surface area (TPSA) is 66.6 Å². The number of hydrogen-bond acceptors (Lipinski definition) is 4. The second-order valence-electron chi connectivity index (χ2n) is 5.18. The Balaban J connectivity index is 2.05. The molecule has 0 saturated heterocycles. The summed E-state index contributed by atoms with van der Waals surface area (Å²) in [5, 5.41) is 12.3. The van der Waals surface area contributed by atoms with Gasteiger partial charge in [0.15, 0.2) is 0 Å². The van der Waals surface area contributed by atoms with Crippen LogP contribution in [0.2, 0.25) is 0 Å². The zero-order chi connectivity index (χ0) is 15.8. The van der Waals surface area contributed by atoms with E-state index in [0.29, 0.717) is 32.5 Å². The van der Waals surface area contributed by atoms with Gasteiger partial charge in [-0.3, -0.25) is 4.79 Å². The number of rotatable bonds is 8. The minimum Gasteiger partial charge on any atom is -0.386 e. The molecule has 0 bridgehead atoms. The van der Waals surface area contributed by atoms with Crippen LogP contribution in [0.3, 0.4) is 0 Å². The van der Waals surface area contributed by atoms with E-state index in [9.17, 15) is 9.90 Å². The van der Waals surface area contributed by atoms with Gasteiger partial charge >= 0.3 is 0 Å². The summed E-state index contributed by atoms with van der Waals surface area (Å²) in [6.07, 6.45) is 0.435. The van der Waals surface area contributed by atoms with Gasteiger partial charge in [0.2, 0.25) is 5.91 Å². The lowest BCUT2D eigenvalue weighted by atomic mass is 10.1. The molecule has 0 aliphatic heterocycles.